The van der Waals surface area contributed by atoms with Crippen molar-refractivity contribution in [2.75, 3.05) is 0 Å². The van der Waals surface area contributed by atoms with E-state index in [4.69, 9.17) is 11.6 Å². The predicted octanol–water partition coefficient (Wildman–Crippen LogP) is 3.19. The van der Waals surface area contributed by atoms with Gasteiger partial charge in [-0.1, -0.05) is 30.3 Å². The molecule has 1 aromatic carbocycles. The minimum absolute atomic E-state index is 0.176. The third-order valence-electron chi connectivity index (χ3n) is 2.12. The van der Waals surface area contributed by atoms with Gasteiger partial charge < -0.3 is 5.11 Å². The molecule has 0 spiro atoms. The topological polar surface area (TPSA) is 33.1 Å². The molecule has 0 fully saturated rings. The van der Waals surface area contributed by atoms with Gasteiger partial charge >= 0.3 is 0 Å². The Labute approximate surface area is 93.2 Å². The molecule has 2 aromatic rings. The maximum absolute atomic E-state index is 9.68. The van der Waals surface area contributed by atoms with Crippen LogP contribution in [0.15, 0.2) is 42.5 Å². The number of benzene rings is 1. The van der Waals surface area contributed by atoms with Crippen LogP contribution in [-0.4, -0.2) is 10.1 Å². The first-order valence-corrected chi connectivity index (χ1v) is 5.15. The number of halogens is 1. The Bertz CT molecular complexity index is 456. The van der Waals surface area contributed by atoms with Crippen LogP contribution in [0.1, 0.15) is 5.69 Å². The number of aromatic nitrogens is 1. The van der Waals surface area contributed by atoms with Gasteiger partial charge in [0.2, 0.25) is 0 Å². The van der Waals surface area contributed by atoms with Crippen molar-refractivity contribution in [1.82, 2.24) is 4.98 Å². The summed E-state index contributed by atoms with van der Waals surface area (Å²) in [5.41, 5.74) is 2.23. The molecule has 0 atom stereocenters. The average Bonchev–Trinajstić information content (AvgIpc) is 2.31. The normalized spacial score (nSPS) is 10.2. The lowest BCUT2D eigenvalue weighted by Gasteiger charge is -2.05. The molecule has 76 valence electrons. The number of nitrogens with zero attached hydrogens (tertiary/aromatic N) is 1. The molecule has 0 unspecified atom stereocenters. The second kappa shape index (κ2) is 4.32. The van der Waals surface area contributed by atoms with E-state index in [2.05, 4.69) is 4.98 Å². The van der Waals surface area contributed by atoms with Gasteiger partial charge in [-0.15, -0.1) is 11.6 Å². The quantitative estimate of drug-likeness (QED) is 0.787. The van der Waals surface area contributed by atoms with Gasteiger partial charge in [-0.2, -0.15) is 0 Å². The van der Waals surface area contributed by atoms with E-state index in [1.54, 1.807) is 12.1 Å². The fourth-order valence-corrected chi connectivity index (χ4v) is 1.52. The van der Waals surface area contributed by atoms with Crippen molar-refractivity contribution in [3.8, 4) is 17.0 Å². The van der Waals surface area contributed by atoms with Crippen molar-refractivity contribution in [2.45, 2.75) is 5.88 Å². The highest BCUT2D eigenvalue weighted by Crippen LogP contribution is 2.26. The Hall–Kier alpha value is -1.54. The van der Waals surface area contributed by atoms with Crippen molar-refractivity contribution in [3.05, 3.63) is 48.2 Å². The molecule has 2 nitrogen and oxygen atoms in total. The first-order chi connectivity index (χ1) is 7.31. The molecule has 0 saturated heterocycles. The van der Waals surface area contributed by atoms with E-state index in [0.717, 1.165) is 11.3 Å². The zero-order valence-corrected chi connectivity index (χ0v) is 8.78. The largest absolute Gasteiger partial charge is 0.506 e. The summed E-state index contributed by atoms with van der Waals surface area (Å²) < 4.78 is 0. The Morgan fingerprint density at radius 2 is 1.80 bits per heavy atom. The predicted molar refractivity (Wildman–Crippen MR) is 60.9 cm³/mol. The molecule has 0 bridgehead atoms. The van der Waals surface area contributed by atoms with Crippen molar-refractivity contribution in [3.63, 3.8) is 0 Å². The molecule has 3 heteroatoms. The summed E-state index contributed by atoms with van der Waals surface area (Å²) in [6.07, 6.45) is 0. The molecule has 0 amide bonds. The van der Waals surface area contributed by atoms with Gasteiger partial charge in [0.15, 0.2) is 0 Å². The zero-order valence-electron chi connectivity index (χ0n) is 8.02. The Morgan fingerprint density at radius 3 is 2.47 bits per heavy atom. The van der Waals surface area contributed by atoms with Crippen LogP contribution in [0.5, 0.6) is 5.75 Å². The maximum Gasteiger partial charge on any atom is 0.141 e. The summed E-state index contributed by atoms with van der Waals surface area (Å²) in [6, 6.07) is 12.9. The van der Waals surface area contributed by atoms with E-state index >= 15 is 0 Å². The zero-order chi connectivity index (χ0) is 10.7. The van der Waals surface area contributed by atoms with Gasteiger partial charge in [0.05, 0.1) is 11.6 Å². The Balaban J connectivity index is 2.52. The number of pyridine rings is 1. The molecule has 1 N–H and O–H groups in total. The highest BCUT2D eigenvalue weighted by Gasteiger charge is 2.06. The number of aromatic hydroxyl groups is 1. The molecular formula is C12H10ClNO. The van der Waals surface area contributed by atoms with Gasteiger partial charge in [0.1, 0.15) is 11.4 Å². The second-order valence-electron chi connectivity index (χ2n) is 3.17. The van der Waals surface area contributed by atoms with Crippen LogP contribution >= 0.6 is 11.6 Å². The Morgan fingerprint density at radius 1 is 1.07 bits per heavy atom. The van der Waals surface area contributed by atoms with E-state index in [-0.39, 0.29) is 5.75 Å². The fourth-order valence-electron chi connectivity index (χ4n) is 1.38. The van der Waals surface area contributed by atoms with E-state index in [1.165, 1.54) is 0 Å². The number of hydrogen-bond donors (Lipinski definition) is 1. The monoisotopic (exact) mass is 219 g/mol. The summed E-state index contributed by atoms with van der Waals surface area (Å²) in [4.78, 5) is 4.28. The lowest BCUT2D eigenvalue weighted by Crippen LogP contribution is -1.89. The highest BCUT2D eigenvalue weighted by atomic mass is 35.5. The van der Waals surface area contributed by atoms with Crippen molar-refractivity contribution in [2.24, 2.45) is 0 Å². The van der Waals surface area contributed by atoms with Crippen LogP contribution in [0.3, 0.4) is 0 Å². The van der Waals surface area contributed by atoms with Crippen molar-refractivity contribution >= 4 is 11.6 Å². The summed E-state index contributed by atoms with van der Waals surface area (Å²) >= 11 is 5.69. The molecule has 0 radical (unpaired) electrons. The molecular weight excluding hydrogens is 210 g/mol. The lowest BCUT2D eigenvalue weighted by atomic mass is 10.1. The van der Waals surface area contributed by atoms with Gasteiger partial charge in [-0.05, 0) is 12.1 Å². The fraction of sp³-hybridized carbons (Fsp3) is 0.0833. The molecule has 2 rings (SSSR count). The van der Waals surface area contributed by atoms with Crippen LogP contribution in [0, 0.1) is 0 Å². The molecule has 0 aliphatic heterocycles. The molecule has 0 saturated carbocycles. The van der Waals surface area contributed by atoms with E-state index in [1.807, 2.05) is 30.3 Å². The summed E-state index contributed by atoms with van der Waals surface area (Å²) in [5, 5.41) is 9.68. The second-order valence-corrected chi connectivity index (χ2v) is 3.44. The molecule has 0 aliphatic carbocycles. The van der Waals surface area contributed by atoms with E-state index < -0.39 is 0 Å². The minimum Gasteiger partial charge on any atom is -0.506 e. The van der Waals surface area contributed by atoms with Crippen LogP contribution in [-0.2, 0) is 5.88 Å². The van der Waals surface area contributed by atoms with Gasteiger partial charge in [-0.3, -0.25) is 0 Å². The molecule has 0 aliphatic rings. The molecule has 1 aromatic heterocycles. The third kappa shape index (κ3) is 2.10. The maximum atomic E-state index is 9.68. The van der Waals surface area contributed by atoms with E-state index in [0.29, 0.717) is 11.6 Å². The van der Waals surface area contributed by atoms with Crippen LogP contribution in [0.2, 0.25) is 0 Å². The number of hydrogen-bond acceptors (Lipinski definition) is 2. The molecule has 15 heavy (non-hydrogen) atoms. The van der Waals surface area contributed by atoms with Crippen LogP contribution < -0.4 is 0 Å². The van der Waals surface area contributed by atoms with Crippen LogP contribution in [0.4, 0.5) is 0 Å². The smallest absolute Gasteiger partial charge is 0.141 e. The van der Waals surface area contributed by atoms with Gasteiger partial charge in [0.25, 0.3) is 0 Å². The SMILES string of the molecule is Oc1ccc(CCl)nc1-c1ccccc1. The lowest BCUT2D eigenvalue weighted by molar-refractivity contribution is 0.474. The van der Waals surface area contributed by atoms with Crippen molar-refractivity contribution in [1.29, 1.82) is 0 Å². The number of rotatable bonds is 2. The average molecular weight is 220 g/mol. The van der Waals surface area contributed by atoms with Crippen molar-refractivity contribution < 1.29 is 5.11 Å². The standard InChI is InChI=1S/C12H10ClNO/c13-8-10-6-7-11(15)12(14-10)9-4-2-1-3-5-9/h1-7,15H,8H2. The first kappa shape index (κ1) is 9.99. The minimum atomic E-state index is 0.176. The van der Waals surface area contributed by atoms with Gasteiger partial charge in [-0.25, -0.2) is 4.98 Å². The third-order valence-corrected chi connectivity index (χ3v) is 2.39. The Kier molecular flexibility index (Phi) is 2.88. The summed E-state index contributed by atoms with van der Waals surface area (Å²) in [6.45, 7) is 0. The van der Waals surface area contributed by atoms with E-state index in [9.17, 15) is 5.11 Å². The highest BCUT2D eigenvalue weighted by molar-refractivity contribution is 6.16. The van der Waals surface area contributed by atoms with Gasteiger partial charge in [0, 0.05) is 5.56 Å². The first-order valence-electron chi connectivity index (χ1n) is 4.61. The summed E-state index contributed by atoms with van der Waals surface area (Å²) in [5.74, 6) is 0.523. The van der Waals surface area contributed by atoms with Crippen LogP contribution in [0.25, 0.3) is 11.3 Å². The number of alkyl halides is 1. The summed E-state index contributed by atoms with van der Waals surface area (Å²) in [7, 11) is 0. The molecule has 1 heterocycles.